The van der Waals surface area contributed by atoms with E-state index in [9.17, 15) is 35.2 Å². The first-order valence-corrected chi connectivity index (χ1v) is 9.26. The van der Waals surface area contributed by atoms with Crippen LogP contribution in [0.2, 0.25) is 5.02 Å². The van der Waals surface area contributed by atoms with Gasteiger partial charge in [-0.3, -0.25) is 4.79 Å². The lowest BCUT2D eigenvalue weighted by Gasteiger charge is -2.15. The van der Waals surface area contributed by atoms with Gasteiger partial charge in [-0.1, -0.05) is 11.6 Å². The molecule has 0 fully saturated rings. The van der Waals surface area contributed by atoms with Gasteiger partial charge in [-0.05, 0) is 18.2 Å². The second-order valence-electron chi connectivity index (χ2n) is 5.21. The van der Waals surface area contributed by atoms with Gasteiger partial charge in [-0.15, -0.1) is 13.2 Å². The number of alkyl halides is 3. The topological polar surface area (TPSA) is 81.7 Å². The Kier molecular flexibility index (Phi) is 6.04. The molecular formula is C15H9ClF5NO5S. The summed E-state index contributed by atoms with van der Waals surface area (Å²) in [4.78, 5) is 11.7. The van der Waals surface area contributed by atoms with Gasteiger partial charge in [0.1, 0.15) is 5.82 Å². The number of carbonyl (C=O) groups excluding carboxylic acids is 1. The van der Waals surface area contributed by atoms with Gasteiger partial charge in [0.05, 0.1) is 11.8 Å². The SMILES string of the molecule is CS(=O)(=O)NC(=O)c1cc(F)c(Oc2ccc(Cl)cc2OC(F)(F)F)cc1F. The van der Waals surface area contributed by atoms with E-state index in [1.54, 1.807) is 0 Å². The fourth-order valence-corrected chi connectivity index (χ4v) is 2.50. The Hall–Kier alpha value is -2.60. The minimum Gasteiger partial charge on any atom is -0.450 e. The first-order valence-electron chi connectivity index (χ1n) is 6.99. The Morgan fingerprint density at radius 3 is 2.25 bits per heavy atom. The van der Waals surface area contributed by atoms with Crippen LogP contribution in [0.4, 0.5) is 22.0 Å². The zero-order valence-corrected chi connectivity index (χ0v) is 15.2. The molecule has 0 aliphatic rings. The van der Waals surface area contributed by atoms with Crippen molar-refractivity contribution in [2.75, 3.05) is 6.26 Å². The van der Waals surface area contributed by atoms with Gasteiger partial charge >= 0.3 is 6.36 Å². The highest BCUT2D eigenvalue weighted by molar-refractivity contribution is 7.89. The third-order valence-electron chi connectivity index (χ3n) is 2.90. The molecule has 2 aromatic carbocycles. The summed E-state index contributed by atoms with van der Waals surface area (Å²) in [6.45, 7) is 0. The summed E-state index contributed by atoms with van der Waals surface area (Å²) in [5.74, 6) is -6.63. The molecule has 0 atom stereocenters. The Morgan fingerprint density at radius 2 is 1.68 bits per heavy atom. The summed E-state index contributed by atoms with van der Waals surface area (Å²) >= 11 is 5.58. The molecule has 0 spiro atoms. The molecule has 0 bridgehead atoms. The smallest absolute Gasteiger partial charge is 0.450 e. The summed E-state index contributed by atoms with van der Waals surface area (Å²) in [6, 6.07) is 3.46. The van der Waals surface area contributed by atoms with Crippen molar-refractivity contribution in [3.05, 3.63) is 52.6 Å². The molecule has 0 saturated heterocycles. The maximum atomic E-state index is 14.1. The average molecular weight is 446 g/mol. The minimum atomic E-state index is -5.11. The standard InChI is InChI=1S/C15H9ClF5NO5S/c1-28(24,25)22-14(23)8-5-10(18)12(6-9(8)17)26-11-3-2-7(16)4-13(11)27-15(19,20)21/h2-6H,1H3,(H,22,23). The highest BCUT2D eigenvalue weighted by Gasteiger charge is 2.33. The largest absolute Gasteiger partial charge is 0.573 e. The van der Waals surface area contributed by atoms with E-state index in [1.807, 2.05) is 0 Å². The first-order chi connectivity index (χ1) is 12.7. The molecule has 6 nitrogen and oxygen atoms in total. The second-order valence-corrected chi connectivity index (χ2v) is 7.39. The summed E-state index contributed by atoms with van der Waals surface area (Å²) < 4.78 is 97.7. The van der Waals surface area contributed by atoms with Crippen molar-refractivity contribution in [1.82, 2.24) is 4.72 Å². The Bertz CT molecular complexity index is 1030. The van der Waals surface area contributed by atoms with Crippen molar-refractivity contribution in [3.63, 3.8) is 0 Å². The van der Waals surface area contributed by atoms with Crippen LogP contribution in [-0.4, -0.2) is 26.9 Å². The zero-order chi connectivity index (χ0) is 21.3. The Labute approximate surface area is 159 Å². The van der Waals surface area contributed by atoms with Crippen molar-refractivity contribution < 1.29 is 44.6 Å². The van der Waals surface area contributed by atoms with Crippen LogP contribution in [0.15, 0.2) is 30.3 Å². The molecule has 152 valence electrons. The molecule has 0 heterocycles. The fourth-order valence-electron chi connectivity index (χ4n) is 1.89. The molecule has 1 N–H and O–H groups in total. The van der Waals surface area contributed by atoms with Crippen LogP contribution >= 0.6 is 11.6 Å². The molecule has 28 heavy (non-hydrogen) atoms. The summed E-state index contributed by atoms with van der Waals surface area (Å²) in [6.07, 6.45) is -4.49. The molecule has 0 aromatic heterocycles. The maximum absolute atomic E-state index is 14.1. The van der Waals surface area contributed by atoms with E-state index in [4.69, 9.17) is 16.3 Å². The number of halogens is 6. The van der Waals surface area contributed by atoms with Gasteiger partial charge < -0.3 is 9.47 Å². The molecule has 13 heteroatoms. The van der Waals surface area contributed by atoms with Gasteiger partial charge in [0.25, 0.3) is 5.91 Å². The lowest BCUT2D eigenvalue weighted by atomic mass is 10.2. The fraction of sp³-hybridized carbons (Fsp3) is 0.133. The molecule has 0 aliphatic carbocycles. The van der Waals surface area contributed by atoms with Gasteiger partial charge in [0.2, 0.25) is 10.0 Å². The number of sulfonamides is 1. The number of hydrogen-bond donors (Lipinski definition) is 1. The number of hydrogen-bond acceptors (Lipinski definition) is 5. The van der Waals surface area contributed by atoms with E-state index in [2.05, 4.69) is 4.74 Å². The van der Waals surface area contributed by atoms with Gasteiger partial charge in [0, 0.05) is 17.2 Å². The summed E-state index contributed by atoms with van der Waals surface area (Å²) in [5.41, 5.74) is -0.960. The predicted molar refractivity (Wildman–Crippen MR) is 86.9 cm³/mol. The average Bonchev–Trinajstić information content (AvgIpc) is 2.49. The second kappa shape index (κ2) is 7.80. The van der Waals surface area contributed by atoms with E-state index in [1.165, 1.54) is 4.72 Å². The minimum absolute atomic E-state index is 0.147. The van der Waals surface area contributed by atoms with Crippen LogP contribution in [0.25, 0.3) is 0 Å². The van der Waals surface area contributed by atoms with E-state index in [0.717, 1.165) is 18.2 Å². The van der Waals surface area contributed by atoms with E-state index in [-0.39, 0.29) is 5.02 Å². The number of ether oxygens (including phenoxy) is 2. The molecule has 0 radical (unpaired) electrons. The van der Waals surface area contributed by atoms with Crippen LogP contribution in [0.3, 0.4) is 0 Å². The number of nitrogens with one attached hydrogen (secondary N) is 1. The summed E-state index contributed by atoms with van der Waals surface area (Å²) in [7, 11) is -4.04. The van der Waals surface area contributed by atoms with E-state index < -0.39 is 56.7 Å². The molecular weight excluding hydrogens is 437 g/mol. The number of benzene rings is 2. The van der Waals surface area contributed by atoms with Crippen molar-refractivity contribution in [3.8, 4) is 17.2 Å². The Balaban J connectivity index is 2.38. The number of amides is 1. The number of carbonyl (C=O) groups is 1. The molecule has 0 aliphatic heterocycles. The first kappa shape index (κ1) is 21.7. The Morgan fingerprint density at radius 1 is 1.04 bits per heavy atom. The van der Waals surface area contributed by atoms with Gasteiger partial charge in [-0.2, -0.15) is 0 Å². The lowest BCUT2D eigenvalue weighted by Crippen LogP contribution is -2.30. The maximum Gasteiger partial charge on any atom is 0.573 e. The van der Waals surface area contributed by atoms with E-state index >= 15 is 0 Å². The van der Waals surface area contributed by atoms with Crippen LogP contribution < -0.4 is 14.2 Å². The van der Waals surface area contributed by atoms with Crippen molar-refractivity contribution in [1.29, 1.82) is 0 Å². The van der Waals surface area contributed by atoms with Crippen molar-refractivity contribution >= 4 is 27.5 Å². The molecule has 0 saturated carbocycles. The van der Waals surface area contributed by atoms with Crippen LogP contribution in [-0.2, 0) is 10.0 Å². The monoisotopic (exact) mass is 445 g/mol. The quantitative estimate of drug-likeness (QED) is 0.704. The highest BCUT2D eigenvalue weighted by Crippen LogP contribution is 2.38. The van der Waals surface area contributed by atoms with Gasteiger partial charge in [-0.25, -0.2) is 21.9 Å². The highest BCUT2D eigenvalue weighted by atomic mass is 35.5. The third kappa shape index (κ3) is 5.96. The lowest BCUT2D eigenvalue weighted by molar-refractivity contribution is -0.275. The molecule has 1 amide bonds. The van der Waals surface area contributed by atoms with Crippen LogP contribution in [0.5, 0.6) is 17.2 Å². The molecule has 0 unspecified atom stereocenters. The van der Waals surface area contributed by atoms with Gasteiger partial charge in [0.15, 0.2) is 23.1 Å². The normalized spacial score (nSPS) is 11.8. The summed E-state index contributed by atoms with van der Waals surface area (Å²) in [5, 5.41) is -0.147. The third-order valence-corrected chi connectivity index (χ3v) is 3.69. The molecule has 2 rings (SSSR count). The van der Waals surface area contributed by atoms with Crippen LogP contribution in [0, 0.1) is 11.6 Å². The number of rotatable bonds is 5. The predicted octanol–water partition coefficient (Wildman–Crippen LogP) is 4.00. The van der Waals surface area contributed by atoms with Crippen molar-refractivity contribution in [2.24, 2.45) is 0 Å². The van der Waals surface area contributed by atoms with Crippen LogP contribution in [0.1, 0.15) is 10.4 Å². The zero-order valence-electron chi connectivity index (χ0n) is 13.6. The van der Waals surface area contributed by atoms with Crippen molar-refractivity contribution in [2.45, 2.75) is 6.36 Å². The molecule has 2 aromatic rings. The van der Waals surface area contributed by atoms with E-state index in [0.29, 0.717) is 18.4 Å².